The van der Waals surface area contributed by atoms with E-state index in [4.69, 9.17) is 5.26 Å². The van der Waals surface area contributed by atoms with Crippen molar-refractivity contribution in [2.75, 3.05) is 5.32 Å². The number of hydrogen-bond donors (Lipinski definition) is 1. The zero-order chi connectivity index (χ0) is 13.8. The molecule has 0 heterocycles. The number of hydrogen-bond acceptors (Lipinski definition) is 2. The number of nitrogens with zero attached hydrogens (tertiary/aromatic N) is 1. The molecule has 4 heteroatoms. The third kappa shape index (κ3) is 2.67. The number of aryl methyl sites for hydroxylation is 1. The van der Waals surface area contributed by atoms with Gasteiger partial charge in [-0.1, -0.05) is 13.8 Å². The molecule has 0 unspecified atom stereocenters. The first-order chi connectivity index (χ1) is 8.49. The molecule has 0 atom stereocenters. The molecule has 0 radical (unpaired) electrons. The van der Waals surface area contributed by atoms with Gasteiger partial charge in [-0.2, -0.15) is 5.26 Å². The molecule has 1 aromatic carbocycles. The molecule has 0 spiro atoms. The van der Waals surface area contributed by atoms with Crippen molar-refractivity contribution in [3.8, 4) is 6.07 Å². The van der Waals surface area contributed by atoms with Crippen molar-refractivity contribution in [1.29, 1.82) is 5.26 Å². The van der Waals surface area contributed by atoms with Gasteiger partial charge in [0.1, 0.15) is 11.2 Å². The minimum absolute atomic E-state index is 0.329. The summed E-state index contributed by atoms with van der Waals surface area (Å²) in [5, 5.41) is 11.9. The Kier molecular flexibility index (Phi) is 4.43. The molecule has 18 heavy (non-hydrogen) atoms. The molecule has 0 aliphatic carbocycles. The summed E-state index contributed by atoms with van der Waals surface area (Å²) in [4.78, 5) is 12.1. The maximum atomic E-state index is 13.0. The number of carbonyl (C=O) groups is 1. The highest BCUT2D eigenvalue weighted by Crippen LogP contribution is 2.28. The molecule has 0 aromatic heterocycles. The van der Waals surface area contributed by atoms with Gasteiger partial charge in [0.05, 0.1) is 6.07 Å². The predicted molar refractivity (Wildman–Crippen MR) is 68.4 cm³/mol. The summed E-state index contributed by atoms with van der Waals surface area (Å²) >= 11 is 0. The van der Waals surface area contributed by atoms with Gasteiger partial charge in [-0.3, -0.25) is 4.79 Å². The Labute approximate surface area is 107 Å². The molecule has 96 valence electrons. The number of nitrogens with one attached hydrogen (secondary N) is 1. The second-order valence-corrected chi connectivity index (χ2v) is 4.31. The molecule has 0 fully saturated rings. The Balaban J connectivity index is 2.97. The highest BCUT2D eigenvalue weighted by atomic mass is 19.1. The van der Waals surface area contributed by atoms with Crippen LogP contribution < -0.4 is 5.32 Å². The SMILES string of the molecule is CCC(C#N)(CC)C(=O)Nc1ccc(F)cc1C. The van der Waals surface area contributed by atoms with Gasteiger partial charge in [0.2, 0.25) is 5.91 Å². The molecular formula is C14H17FN2O. The van der Waals surface area contributed by atoms with Crippen molar-refractivity contribution < 1.29 is 9.18 Å². The van der Waals surface area contributed by atoms with Crippen LogP contribution in [0, 0.1) is 29.5 Å². The van der Waals surface area contributed by atoms with Crippen LogP contribution in [0.1, 0.15) is 32.3 Å². The molecule has 0 aliphatic heterocycles. The largest absolute Gasteiger partial charge is 0.324 e. The third-order valence-corrected chi connectivity index (χ3v) is 3.29. The summed E-state index contributed by atoms with van der Waals surface area (Å²) in [6, 6.07) is 6.22. The number of amides is 1. The first-order valence-corrected chi connectivity index (χ1v) is 5.98. The fourth-order valence-electron chi connectivity index (χ4n) is 1.79. The third-order valence-electron chi connectivity index (χ3n) is 3.29. The normalized spacial score (nSPS) is 10.8. The van der Waals surface area contributed by atoms with E-state index in [2.05, 4.69) is 11.4 Å². The molecule has 1 amide bonds. The zero-order valence-corrected chi connectivity index (χ0v) is 10.9. The van der Waals surface area contributed by atoms with E-state index >= 15 is 0 Å². The Hall–Kier alpha value is -1.89. The minimum atomic E-state index is -1.01. The summed E-state index contributed by atoms with van der Waals surface area (Å²) in [7, 11) is 0. The van der Waals surface area contributed by atoms with E-state index in [1.807, 2.05) is 13.8 Å². The van der Waals surface area contributed by atoms with Gasteiger partial charge in [-0.25, -0.2) is 4.39 Å². The molecule has 0 saturated carbocycles. The average Bonchev–Trinajstić information content (AvgIpc) is 2.36. The van der Waals surface area contributed by atoms with Crippen LogP contribution in [0.5, 0.6) is 0 Å². The standard InChI is InChI=1S/C14H17FN2O/c1-4-14(5-2,9-16)13(18)17-12-7-6-11(15)8-10(12)3/h6-8H,4-5H2,1-3H3,(H,17,18). The molecule has 3 nitrogen and oxygen atoms in total. The first-order valence-electron chi connectivity index (χ1n) is 5.98. The highest BCUT2D eigenvalue weighted by molar-refractivity contribution is 5.97. The van der Waals surface area contributed by atoms with E-state index in [-0.39, 0.29) is 11.7 Å². The van der Waals surface area contributed by atoms with Crippen LogP contribution in [-0.4, -0.2) is 5.91 Å². The summed E-state index contributed by atoms with van der Waals surface area (Å²) in [5.41, 5.74) is 0.172. The van der Waals surface area contributed by atoms with Crippen molar-refractivity contribution in [1.82, 2.24) is 0 Å². The Morgan fingerprint density at radius 1 is 1.44 bits per heavy atom. The number of carbonyl (C=O) groups excluding carboxylic acids is 1. The second-order valence-electron chi connectivity index (χ2n) is 4.31. The lowest BCUT2D eigenvalue weighted by molar-refractivity contribution is -0.123. The topological polar surface area (TPSA) is 52.9 Å². The van der Waals surface area contributed by atoms with Crippen LogP contribution in [0.3, 0.4) is 0 Å². The van der Waals surface area contributed by atoms with Gasteiger partial charge in [0.15, 0.2) is 0 Å². The van der Waals surface area contributed by atoms with E-state index in [0.29, 0.717) is 24.1 Å². The van der Waals surface area contributed by atoms with E-state index in [1.54, 1.807) is 6.92 Å². The predicted octanol–water partition coefficient (Wildman–Crippen LogP) is 3.40. The first kappa shape index (κ1) is 14.2. The lowest BCUT2D eigenvalue weighted by Crippen LogP contribution is -2.34. The molecule has 0 saturated heterocycles. The van der Waals surface area contributed by atoms with Gasteiger partial charge in [0, 0.05) is 5.69 Å². The van der Waals surface area contributed by atoms with Gasteiger partial charge >= 0.3 is 0 Å². The second kappa shape index (κ2) is 5.63. The number of halogens is 1. The Morgan fingerprint density at radius 3 is 2.50 bits per heavy atom. The summed E-state index contributed by atoms with van der Waals surface area (Å²) in [6.45, 7) is 5.33. The Morgan fingerprint density at radius 2 is 2.06 bits per heavy atom. The molecular weight excluding hydrogens is 231 g/mol. The van der Waals surface area contributed by atoms with Gasteiger partial charge in [-0.15, -0.1) is 0 Å². The average molecular weight is 248 g/mol. The molecule has 1 aromatic rings. The van der Waals surface area contributed by atoms with E-state index in [1.165, 1.54) is 18.2 Å². The van der Waals surface area contributed by atoms with Crippen molar-refractivity contribution >= 4 is 11.6 Å². The molecule has 1 N–H and O–H groups in total. The summed E-state index contributed by atoms with van der Waals surface area (Å²) in [5.74, 6) is -0.673. The maximum absolute atomic E-state index is 13.0. The fourth-order valence-corrected chi connectivity index (χ4v) is 1.79. The highest BCUT2D eigenvalue weighted by Gasteiger charge is 2.35. The van der Waals surface area contributed by atoms with Crippen molar-refractivity contribution in [3.63, 3.8) is 0 Å². The Bertz CT molecular complexity index is 487. The quantitative estimate of drug-likeness (QED) is 0.887. The number of rotatable bonds is 4. The lowest BCUT2D eigenvalue weighted by atomic mass is 9.83. The lowest BCUT2D eigenvalue weighted by Gasteiger charge is -2.22. The van der Waals surface area contributed by atoms with Crippen LogP contribution in [0.25, 0.3) is 0 Å². The zero-order valence-electron chi connectivity index (χ0n) is 10.9. The summed E-state index contributed by atoms with van der Waals surface area (Å²) < 4.78 is 13.0. The van der Waals surface area contributed by atoms with Crippen LogP contribution in [-0.2, 0) is 4.79 Å². The number of nitriles is 1. The van der Waals surface area contributed by atoms with E-state index in [0.717, 1.165) is 0 Å². The fraction of sp³-hybridized carbons (Fsp3) is 0.429. The van der Waals surface area contributed by atoms with Crippen LogP contribution in [0.2, 0.25) is 0 Å². The van der Waals surface area contributed by atoms with Gasteiger partial charge in [0.25, 0.3) is 0 Å². The van der Waals surface area contributed by atoms with Gasteiger partial charge < -0.3 is 5.32 Å². The smallest absolute Gasteiger partial charge is 0.244 e. The maximum Gasteiger partial charge on any atom is 0.244 e. The van der Waals surface area contributed by atoms with Crippen molar-refractivity contribution in [2.45, 2.75) is 33.6 Å². The van der Waals surface area contributed by atoms with Crippen molar-refractivity contribution in [2.24, 2.45) is 5.41 Å². The summed E-state index contributed by atoms with van der Waals surface area (Å²) in [6.07, 6.45) is 0.901. The monoisotopic (exact) mass is 248 g/mol. The van der Waals surface area contributed by atoms with E-state index < -0.39 is 5.41 Å². The van der Waals surface area contributed by atoms with Gasteiger partial charge in [-0.05, 0) is 43.5 Å². The van der Waals surface area contributed by atoms with Crippen molar-refractivity contribution in [3.05, 3.63) is 29.6 Å². The molecule has 1 rings (SSSR count). The van der Waals surface area contributed by atoms with Crippen LogP contribution in [0.15, 0.2) is 18.2 Å². The number of anilines is 1. The van der Waals surface area contributed by atoms with Crippen LogP contribution in [0.4, 0.5) is 10.1 Å². The van der Waals surface area contributed by atoms with E-state index in [9.17, 15) is 9.18 Å². The minimum Gasteiger partial charge on any atom is -0.324 e. The molecule has 0 bridgehead atoms. The number of benzene rings is 1. The molecule has 0 aliphatic rings. The van der Waals surface area contributed by atoms with Crippen LogP contribution >= 0.6 is 0 Å².